The van der Waals surface area contributed by atoms with Gasteiger partial charge in [0.25, 0.3) is 0 Å². The number of rotatable bonds is 4. The zero-order valence-electron chi connectivity index (χ0n) is 17.5. The fourth-order valence-corrected chi connectivity index (χ4v) is 5.04. The molecule has 8 heteroatoms. The van der Waals surface area contributed by atoms with Gasteiger partial charge in [-0.1, -0.05) is 6.42 Å². The Morgan fingerprint density at radius 2 is 2.10 bits per heavy atom. The number of hydrogen-bond donors (Lipinski definition) is 2. The molecule has 2 N–H and O–H groups in total. The molecule has 2 aliphatic heterocycles. The van der Waals surface area contributed by atoms with E-state index in [-0.39, 0.29) is 0 Å². The van der Waals surface area contributed by atoms with Crippen LogP contribution < -0.4 is 16.0 Å². The lowest BCUT2D eigenvalue weighted by Gasteiger charge is -2.47. The Balaban J connectivity index is 1.40. The minimum absolute atomic E-state index is 0.457. The van der Waals surface area contributed by atoms with E-state index in [9.17, 15) is 4.79 Å². The van der Waals surface area contributed by atoms with Crippen molar-refractivity contribution in [1.29, 1.82) is 0 Å². The first kappa shape index (κ1) is 19.1. The lowest BCUT2D eigenvalue weighted by molar-refractivity contribution is 0.0893. The Morgan fingerprint density at radius 1 is 1.23 bits per heavy atom. The highest BCUT2D eigenvalue weighted by Gasteiger charge is 2.36. The zero-order chi connectivity index (χ0) is 20.7. The molecule has 0 aliphatic carbocycles. The summed E-state index contributed by atoms with van der Waals surface area (Å²) >= 11 is 0. The smallest absolute Gasteiger partial charge is 0.408 e. The van der Waals surface area contributed by atoms with Gasteiger partial charge in [-0.2, -0.15) is 4.98 Å². The number of anilines is 3. The largest absolute Gasteiger partial charge is 0.417 e. The van der Waals surface area contributed by atoms with Gasteiger partial charge < -0.3 is 14.6 Å². The molecule has 2 atom stereocenters. The predicted molar refractivity (Wildman–Crippen MR) is 118 cm³/mol. The highest BCUT2D eigenvalue weighted by Crippen LogP contribution is 2.32. The number of aryl methyl sites for hydroxylation is 1. The van der Waals surface area contributed by atoms with Gasteiger partial charge in [0.15, 0.2) is 5.58 Å². The number of likely N-dealkylation sites (N-methyl/N-ethyl adjacent to an activating group) is 1. The first-order valence-electron chi connectivity index (χ1n) is 10.8. The molecule has 4 heterocycles. The molecule has 3 aromatic rings. The minimum atomic E-state index is -0.457. The molecule has 0 unspecified atom stereocenters. The fourth-order valence-electron chi connectivity index (χ4n) is 5.04. The molecule has 2 saturated heterocycles. The monoisotopic (exact) mass is 408 g/mol. The normalized spacial score (nSPS) is 22.1. The molecule has 0 spiro atoms. The third kappa shape index (κ3) is 3.56. The molecular weight excluding hydrogens is 380 g/mol. The number of piperidine rings is 2. The van der Waals surface area contributed by atoms with Crippen molar-refractivity contribution in [3.63, 3.8) is 0 Å². The van der Waals surface area contributed by atoms with Crippen LogP contribution in [-0.2, 0) is 0 Å². The van der Waals surface area contributed by atoms with E-state index < -0.39 is 5.76 Å². The van der Waals surface area contributed by atoms with Crippen LogP contribution in [0.25, 0.3) is 11.1 Å². The second kappa shape index (κ2) is 7.75. The molecule has 0 bridgehead atoms. The SMILES string of the molecule is Cc1cnc(Nc2ccc3oc(=O)[nH]c3c2)nc1N(C)[C@H]1CCCN2CCCC[C@H]12. The van der Waals surface area contributed by atoms with E-state index >= 15 is 0 Å². The molecule has 0 saturated carbocycles. The van der Waals surface area contributed by atoms with Crippen molar-refractivity contribution in [2.45, 2.75) is 51.1 Å². The topological polar surface area (TPSA) is 90.3 Å². The minimum Gasteiger partial charge on any atom is -0.408 e. The summed E-state index contributed by atoms with van der Waals surface area (Å²) in [5.41, 5.74) is 3.05. The van der Waals surface area contributed by atoms with Crippen molar-refractivity contribution in [2.24, 2.45) is 0 Å². The molecule has 8 nitrogen and oxygen atoms in total. The van der Waals surface area contributed by atoms with Crippen LogP contribution in [0.5, 0.6) is 0 Å². The fraction of sp³-hybridized carbons (Fsp3) is 0.500. The van der Waals surface area contributed by atoms with Gasteiger partial charge in [-0.25, -0.2) is 9.78 Å². The Kier molecular flexibility index (Phi) is 4.94. The molecule has 1 aromatic carbocycles. The van der Waals surface area contributed by atoms with E-state index in [1.807, 2.05) is 18.3 Å². The average molecular weight is 409 g/mol. The van der Waals surface area contributed by atoms with Gasteiger partial charge in [0.05, 0.1) is 5.52 Å². The van der Waals surface area contributed by atoms with Gasteiger partial charge in [0.1, 0.15) is 5.82 Å². The van der Waals surface area contributed by atoms with Gasteiger partial charge >= 0.3 is 5.76 Å². The predicted octanol–water partition coefficient (Wildman–Crippen LogP) is 3.42. The number of aromatic nitrogens is 3. The van der Waals surface area contributed by atoms with Crippen LogP contribution >= 0.6 is 0 Å². The van der Waals surface area contributed by atoms with Gasteiger partial charge in [-0.05, 0) is 63.9 Å². The van der Waals surface area contributed by atoms with E-state index in [4.69, 9.17) is 9.40 Å². The van der Waals surface area contributed by atoms with Crippen molar-refractivity contribution < 1.29 is 4.42 Å². The third-order valence-electron chi connectivity index (χ3n) is 6.51. The maximum atomic E-state index is 11.4. The van der Waals surface area contributed by atoms with Gasteiger partial charge in [-0.15, -0.1) is 0 Å². The number of H-pyrrole nitrogens is 1. The van der Waals surface area contributed by atoms with Crippen LogP contribution in [0.1, 0.15) is 37.7 Å². The Morgan fingerprint density at radius 3 is 3.00 bits per heavy atom. The molecular formula is C22H28N6O2. The summed E-state index contributed by atoms with van der Waals surface area (Å²) in [6, 6.07) is 6.54. The van der Waals surface area contributed by atoms with Gasteiger partial charge in [-0.3, -0.25) is 9.88 Å². The van der Waals surface area contributed by atoms with E-state index in [2.05, 4.69) is 39.1 Å². The number of oxazole rings is 1. The van der Waals surface area contributed by atoms with Crippen molar-refractivity contribution in [3.8, 4) is 0 Å². The molecule has 2 fully saturated rings. The number of hydrogen-bond acceptors (Lipinski definition) is 7. The Labute approximate surface area is 175 Å². The lowest BCUT2D eigenvalue weighted by atomic mass is 9.88. The molecule has 0 radical (unpaired) electrons. The molecule has 0 amide bonds. The van der Waals surface area contributed by atoms with E-state index in [1.165, 1.54) is 45.2 Å². The number of aromatic amines is 1. The van der Waals surface area contributed by atoms with Crippen molar-refractivity contribution in [3.05, 3.63) is 40.5 Å². The second-order valence-corrected chi connectivity index (χ2v) is 8.47. The standard InChI is InChI=1S/C22H28N6O2/c1-14-13-23-21(24-15-8-9-19-16(12-15)25-22(29)30-19)26-20(14)27(2)17-7-5-11-28-10-4-3-6-18(17)28/h8-9,12-13,17-18H,3-7,10-11H2,1-2H3,(H,25,29)(H,23,24,26)/t17-,18+/m0/s1. The Hall–Kier alpha value is -2.87. The first-order valence-corrected chi connectivity index (χ1v) is 10.8. The average Bonchev–Trinajstić information content (AvgIpc) is 3.13. The summed E-state index contributed by atoms with van der Waals surface area (Å²) in [5.74, 6) is 1.06. The summed E-state index contributed by atoms with van der Waals surface area (Å²) in [4.78, 5) is 28.4. The van der Waals surface area contributed by atoms with Crippen molar-refractivity contribution in [1.82, 2.24) is 19.9 Å². The maximum Gasteiger partial charge on any atom is 0.417 e. The highest BCUT2D eigenvalue weighted by molar-refractivity contribution is 5.78. The summed E-state index contributed by atoms with van der Waals surface area (Å²) in [6.45, 7) is 4.52. The summed E-state index contributed by atoms with van der Waals surface area (Å²) in [5, 5.41) is 3.26. The van der Waals surface area contributed by atoms with Crippen LogP contribution in [-0.4, -0.2) is 52.1 Å². The van der Waals surface area contributed by atoms with Gasteiger partial charge in [0, 0.05) is 36.6 Å². The quantitative estimate of drug-likeness (QED) is 0.684. The van der Waals surface area contributed by atoms with E-state index in [0.29, 0.717) is 29.1 Å². The summed E-state index contributed by atoms with van der Waals surface area (Å²) in [7, 11) is 2.17. The van der Waals surface area contributed by atoms with Crippen molar-refractivity contribution >= 4 is 28.6 Å². The van der Waals surface area contributed by atoms with Gasteiger partial charge in [0.2, 0.25) is 5.95 Å². The molecule has 2 aromatic heterocycles. The number of benzene rings is 1. The van der Waals surface area contributed by atoms with Crippen LogP contribution in [0, 0.1) is 6.92 Å². The summed E-state index contributed by atoms with van der Waals surface area (Å²) in [6.07, 6.45) is 8.23. The van der Waals surface area contributed by atoms with Crippen molar-refractivity contribution in [2.75, 3.05) is 30.4 Å². The highest BCUT2D eigenvalue weighted by atomic mass is 16.4. The molecule has 2 aliphatic rings. The van der Waals surface area contributed by atoms with Crippen LogP contribution in [0.4, 0.5) is 17.5 Å². The van der Waals surface area contributed by atoms with Crippen LogP contribution in [0.2, 0.25) is 0 Å². The molecule has 5 rings (SSSR count). The Bertz CT molecular complexity index is 1100. The number of fused-ring (bicyclic) bond motifs is 2. The first-order chi connectivity index (χ1) is 14.6. The lowest BCUT2D eigenvalue weighted by Crippen LogP contribution is -2.56. The second-order valence-electron chi connectivity index (χ2n) is 8.47. The molecule has 158 valence electrons. The number of nitrogens with one attached hydrogen (secondary N) is 2. The van der Waals surface area contributed by atoms with E-state index in [1.54, 1.807) is 6.07 Å². The molecule has 30 heavy (non-hydrogen) atoms. The summed E-state index contributed by atoms with van der Waals surface area (Å²) < 4.78 is 5.07. The zero-order valence-corrected chi connectivity index (χ0v) is 17.5. The number of nitrogens with zero attached hydrogens (tertiary/aromatic N) is 4. The third-order valence-corrected chi connectivity index (χ3v) is 6.51. The van der Waals surface area contributed by atoms with Crippen LogP contribution in [0.15, 0.2) is 33.6 Å². The van der Waals surface area contributed by atoms with Crippen LogP contribution in [0.3, 0.4) is 0 Å². The van der Waals surface area contributed by atoms with E-state index in [0.717, 1.165) is 17.1 Å². The maximum absolute atomic E-state index is 11.4.